The van der Waals surface area contributed by atoms with Gasteiger partial charge < -0.3 is 9.47 Å². The number of carbonyl (C=O) groups excluding carboxylic acids is 1. The number of thiocarbonyl (C=S) groups is 1. The van der Waals surface area contributed by atoms with Crippen molar-refractivity contribution in [2.75, 3.05) is 14.2 Å². The summed E-state index contributed by atoms with van der Waals surface area (Å²) in [5, 5.41) is 2.25. The average Bonchev–Trinajstić information content (AvgIpc) is 3.03. The number of thiophene rings is 1. The molecule has 0 saturated heterocycles. The second kappa shape index (κ2) is 6.02. The zero-order valence-corrected chi connectivity index (χ0v) is 13.7. The minimum Gasteiger partial charge on any atom is -0.493 e. The van der Waals surface area contributed by atoms with Crippen molar-refractivity contribution < 1.29 is 14.3 Å². The summed E-state index contributed by atoms with van der Waals surface area (Å²) in [6, 6.07) is 3.92. The second-order valence-corrected chi connectivity index (χ2v) is 6.15. The van der Waals surface area contributed by atoms with E-state index in [1.165, 1.54) is 4.90 Å². The van der Waals surface area contributed by atoms with Gasteiger partial charge in [0, 0.05) is 11.0 Å². The van der Waals surface area contributed by atoms with E-state index in [2.05, 4.69) is 4.99 Å². The Balaban J connectivity index is 1.93. The van der Waals surface area contributed by atoms with Crippen molar-refractivity contribution in [3.63, 3.8) is 0 Å². The minimum absolute atomic E-state index is 0.0932. The van der Waals surface area contributed by atoms with Gasteiger partial charge in [0.25, 0.3) is 0 Å². The van der Waals surface area contributed by atoms with Crippen molar-refractivity contribution >= 4 is 40.3 Å². The van der Waals surface area contributed by atoms with E-state index >= 15 is 0 Å². The van der Waals surface area contributed by atoms with Crippen molar-refractivity contribution in [1.29, 1.82) is 0 Å². The number of fused-ring (bicyclic) bond motifs is 1. The highest BCUT2D eigenvalue weighted by atomic mass is 32.1. The van der Waals surface area contributed by atoms with Gasteiger partial charge in [-0.1, -0.05) is 6.07 Å². The molecular formula is C15H14N2O3S2. The zero-order valence-electron chi connectivity index (χ0n) is 12.1. The van der Waals surface area contributed by atoms with Gasteiger partial charge in [-0.15, -0.1) is 11.3 Å². The van der Waals surface area contributed by atoms with Crippen LogP contribution in [0.25, 0.3) is 0 Å². The van der Waals surface area contributed by atoms with Gasteiger partial charge in [0.2, 0.25) is 11.0 Å². The summed E-state index contributed by atoms with van der Waals surface area (Å²) >= 11 is 6.86. The third kappa shape index (κ3) is 2.57. The van der Waals surface area contributed by atoms with E-state index in [0.29, 0.717) is 23.8 Å². The fourth-order valence-electron chi connectivity index (χ4n) is 2.38. The lowest BCUT2D eigenvalue weighted by Crippen LogP contribution is -2.45. The molecular weight excluding hydrogens is 320 g/mol. The number of amides is 1. The Morgan fingerprint density at radius 1 is 1.36 bits per heavy atom. The van der Waals surface area contributed by atoms with E-state index in [1.807, 2.05) is 17.5 Å². The third-order valence-corrected chi connectivity index (χ3v) is 4.65. The summed E-state index contributed by atoms with van der Waals surface area (Å²) in [4.78, 5) is 19.7. The van der Waals surface area contributed by atoms with Gasteiger partial charge in [0.15, 0.2) is 11.5 Å². The number of aliphatic imine (C=N–C) groups is 1. The molecule has 3 rings (SSSR count). The standard InChI is InChI=1S/C15H14N2O3S2/c1-19-12-6-10-11(7-13(12)20-2)16-15(21)17(14(10)18)8-9-4-3-5-22-9/h3-7,10H,8H2,1-2H3. The Morgan fingerprint density at radius 2 is 2.14 bits per heavy atom. The molecule has 1 aromatic rings. The lowest BCUT2D eigenvalue weighted by atomic mass is 9.93. The van der Waals surface area contributed by atoms with Crippen LogP contribution in [0.4, 0.5) is 0 Å². The Kier molecular flexibility index (Phi) is 4.08. The van der Waals surface area contributed by atoms with Gasteiger partial charge in [0.1, 0.15) is 5.92 Å². The van der Waals surface area contributed by atoms with Crippen molar-refractivity contribution in [2.45, 2.75) is 6.54 Å². The lowest BCUT2D eigenvalue weighted by Gasteiger charge is -2.31. The molecule has 2 aliphatic rings. The largest absolute Gasteiger partial charge is 0.493 e. The smallest absolute Gasteiger partial charge is 0.242 e. The fourth-order valence-corrected chi connectivity index (χ4v) is 3.33. The molecule has 0 saturated carbocycles. The quantitative estimate of drug-likeness (QED) is 0.794. The van der Waals surface area contributed by atoms with Gasteiger partial charge in [-0.25, -0.2) is 4.99 Å². The van der Waals surface area contributed by atoms with Crippen molar-refractivity contribution in [3.8, 4) is 0 Å². The van der Waals surface area contributed by atoms with Crippen LogP contribution in [0.1, 0.15) is 4.88 Å². The van der Waals surface area contributed by atoms with Gasteiger partial charge in [-0.05, 0) is 29.7 Å². The number of ether oxygens (including phenoxy) is 2. The van der Waals surface area contributed by atoms with Crippen LogP contribution in [0, 0.1) is 5.92 Å². The Hall–Kier alpha value is -1.99. The fraction of sp³-hybridized carbons (Fsp3) is 0.267. The number of hydrogen-bond acceptors (Lipinski definition) is 5. The number of rotatable bonds is 4. The maximum absolute atomic E-state index is 12.7. The molecule has 1 amide bonds. The van der Waals surface area contributed by atoms with Crippen molar-refractivity contribution in [3.05, 3.63) is 46.1 Å². The maximum Gasteiger partial charge on any atom is 0.242 e. The van der Waals surface area contributed by atoms with E-state index in [0.717, 1.165) is 4.88 Å². The average molecular weight is 334 g/mol. The molecule has 1 atom stereocenters. The van der Waals surface area contributed by atoms with Crippen LogP contribution >= 0.6 is 23.6 Å². The molecule has 22 heavy (non-hydrogen) atoms. The van der Waals surface area contributed by atoms with E-state index in [4.69, 9.17) is 21.7 Å². The van der Waals surface area contributed by atoms with Crippen LogP contribution in [0.2, 0.25) is 0 Å². The molecule has 1 unspecified atom stereocenters. The Bertz CT molecular complexity index is 704. The summed E-state index contributed by atoms with van der Waals surface area (Å²) in [6.07, 6.45) is 3.43. The first-order valence-corrected chi connectivity index (χ1v) is 7.91. The molecule has 0 aromatic carbocycles. The highest BCUT2D eigenvalue weighted by molar-refractivity contribution is 7.80. The topological polar surface area (TPSA) is 51.1 Å². The first-order chi connectivity index (χ1) is 10.6. The summed E-state index contributed by atoms with van der Waals surface area (Å²) in [5.41, 5.74) is 0.593. The van der Waals surface area contributed by atoms with Crippen molar-refractivity contribution in [2.24, 2.45) is 10.9 Å². The van der Waals surface area contributed by atoms with Gasteiger partial charge in [0.05, 0.1) is 26.5 Å². The predicted octanol–water partition coefficient (Wildman–Crippen LogP) is 2.51. The van der Waals surface area contributed by atoms with Gasteiger partial charge in [-0.2, -0.15) is 0 Å². The number of hydrogen-bond donors (Lipinski definition) is 0. The molecule has 0 fully saturated rings. The van der Waals surface area contributed by atoms with E-state index in [9.17, 15) is 4.79 Å². The second-order valence-electron chi connectivity index (χ2n) is 4.75. The zero-order chi connectivity index (χ0) is 15.7. The van der Waals surface area contributed by atoms with Gasteiger partial charge >= 0.3 is 0 Å². The Labute approximate surface area is 137 Å². The number of carbonyl (C=O) groups is 1. The molecule has 1 aliphatic carbocycles. The first kappa shape index (κ1) is 14.9. The van der Waals surface area contributed by atoms with E-state index < -0.39 is 5.92 Å². The molecule has 0 spiro atoms. The summed E-state index contributed by atoms with van der Waals surface area (Å²) < 4.78 is 10.5. The van der Waals surface area contributed by atoms with Crippen LogP contribution < -0.4 is 0 Å². The number of allylic oxidation sites excluding steroid dienone is 1. The highest BCUT2D eigenvalue weighted by Gasteiger charge is 2.37. The maximum atomic E-state index is 12.7. The number of nitrogens with zero attached hydrogens (tertiary/aromatic N) is 2. The number of methoxy groups -OCH3 is 2. The van der Waals surface area contributed by atoms with Crippen LogP contribution in [0.15, 0.2) is 46.2 Å². The van der Waals surface area contributed by atoms with Crippen LogP contribution in [0.5, 0.6) is 0 Å². The van der Waals surface area contributed by atoms with Crippen LogP contribution in [-0.2, 0) is 20.8 Å². The lowest BCUT2D eigenvalue weighted by molar-refractivity contribution is -0.129. The molecule has 2 heterocycles. The van der Waals surface area contributed by atoms with Gasteiger partial charge in [-0.3, -0.25) is 9.69 Å². The van der Waals surface area contributed by atoms with Crippen molar-refractivity contribution in [1.82, 2.24) is 4.90 Å². The molecule has 1 aromatic heterocycles. The molecule has 0 bridgehead atoms. The molecule has 1 aliphatic heterocycles. The summed E-state index contributed by atoms with van der Waals surface area (Å²) in [7, 11) is 3.09. The summed E-state index contributed by atoms with van der Waals surface area (Å²) in [5.74, 6) is 0.494. The van der Waals surface area contributed by atoms with Crippen LogP contribution in [-0.4, -0.2) is 35.9 Å². The Morgan fingerprint density at radius 3 is 2.77 bits per heavy atom. The molecule has 114 valence electrons. The van der Waals surface area contributed by atoms with E-state index in [1.54, 1.807) is 37.7 Å². The summed E-state index contributed by atoms with van der Waals surface area (Å²) in [6.45, 7) is 0.444. The molecule has 5 nitrogen and oxygen atoms in total. The normalized spacial score (nSPS) is 20.9. The third-order valence-electron chi connectivity index (χ3n) is 3.48. The molecule has 0 N–H and O–H groups in total. The van der Waals surface area contributed by atoms with E-state index in [-0.39, 0.29) is 11.0 Å². The predicted molar refractivity (Wildman–Crippen MR) is 88.6 cm³/mol. The minimum atomic E-state index is -0.486. The monoisotopic (exact) mass is 334 g/mol. The SMILES string of the molecule is COC1=CC2=NC(=S)N(Cc3cccs3)C(=O)C2C=C1OC. The first-order valence-electron chi connectivity index (χ1n) is 6.62. The highest BCUT2D eigenvalue weighted by Crippen LogP contribution is 2.28. The molecule has 7 heteroatoms. The molecule has 0 radical (unpaired) electrons. The van der Waals surface area contributed by atoms with Crippen LogP contribution in [0.3, 0.4) is 0 Å².